The summed E-state index contributed by atoms with van der Waals surface area (Å²) in [5.41, 5.74) is 12.8. The molecule has 0 bridgehead atoms. The molecule has 0 aliphatic carbocycles. The first kappa shape index (κ1) is 45.6. The van der Waals surface area contributed by atoms with Crippen molar-refractivity contribution in [3.8, 4) is 28.3 Å². The number of para-hydroxylation sites is 1. The summed E-state index contributed by atoms with van der Waals surface area (Å²) in [5.74, 6) is 0.679. The van der Waals surface area contributed by atoms with E-state index in [4.69, 9.17) is 18.5 Å². The molecule has 7 aromatic carbocycles. The van der Waals surface area contributed by atoms with Gasteiger partial charge < -0.3 is 14.0 Å². The number of aryl methyl sites for hydroxylation is 4. The summed E-state index contributed by atoms with van der Waals surface area (Å²) in [5, 5.41) is 8.01. The number of rotatable bonds is 8. The van der Waals surface area contributed by atoms with Crippen molar-refractivity contribution in [1.29, 1.82) is 0 Å². The molecule has 8 heteroatoms. The topological polar surface area (TPSA) is 56.7 Å². The second kappa shape index (κ2) is 19.2. The van der Waals surface area contributed by atoms with Gasteiger partial charge in [-0.05, 0) is 76.7 Å². The summed E-state index contributed by atoms with van der Waals surface area (Å²) in [6.07, 6.45) is 2.78. The van der Waals surface area contributed by atoms with Crippen molar-refractivity contribution in [1.82, 2.24) is 19.5 Å². The number of aromatic nitrogens is 4. The summed E-state index contributed by atoms with van der Waals surface area (Å²) in [7, 11) is -1.57. The average Bonchev–Trinajstić information content (AvgIpc) is 3.94. The summed E-state index contributed by atoms with van der Waals surface area (Å²) in [4.78, 5) is 15.2. The van der Waals surface area contributed by atoms with Gasteiger partial charge in [-0.25, -0.2) is 4.98 Å². The number of fused-ring (bicyclic) bond motifs is 9. The minimum absolute atomic E-state index is 0. The Bertz CT molecular complexity index is 3910. The molecular formula is C63H59FIrN4OSi-2. The molecule has 0 spiro atoms. The first-order valence-electron chi connectivity index (χ1n) is 25.6. The van der Waals surface area contributed by atoms with Gasteiger partial charge in [0.05, 0.1) is 36.2 Å². The van der Waals surface area contributed by atoms with Crippen LogP contribution in [0.2, 0.25) is 19.6 Å². The van der Waals surface area contributed by atoms with E-state index < -0.39 is 20.7 Å². The second-order valence-electron chi connectivity index (χ2n) is 20.7. The summed E-state index contributed by atoms with van der Waals surface area (Å²) >= 11 is 0. The van der Waals surface area contributed by atoms with Crippen molar-refractivity contribution in [3.05, 3.63) is 197 Å². The zero-order chi connectivity index (χ0) is 51.7. The zero-order valence-corrected chi connectivity index (χ0v) is 45.4. The molecule has 0 unspecified atom stereocenters. The van der Waals surface area contributed by atoms with E-state index in [2.05, 4.69) is 199 Å². The van der Waals surface area contributed by atoms with Crippen LogP contribution in [0, 0.1) is 51.5 Å². The van der Waals surface area contributed by atoms with Crippen molar-refractivity contribution in [2.45, 2.75) is 86.8 Å². The van der Waals surface area contributed by atoms with Gasteiger partial charge >= 0.3 is 0 Å². The molecule has 0 amide bonds. The Balaban J connectivity index is 0.000000220. The van der Waals surface area contributed by atoms with Crippen molar-refractivity contribution < 1.29 is 33.0 Å². The molecule has 0 aliphatic heterocycles. The maximum atomic E-state index is 13.6. The maximum Gasteiger partial charge on any atom is 0.216 e. The van der Waals surface area contributed by atoms with Gasteiger partial charge in [0.1, 0.15) is 0 Å². The van der Waals surface area contributed by atoms with Gasteiger partial charge in [-0.3, -0.25) is 9.37 Å². The van der Waals surface area contributed by atoms with E-state index in [1.165, 1.54) is 44.3 Å². The SMILES string of the molecule is Cc1cccc(C)c1-n1c(-c2[c-]cc(C)c3c2oc2nc(C(C)(C)c4ccccc4)ccc23)nc2c3ccccc3c3ccccc3c21.[2H]C([2H])([2H])c1cc(F)c[c-]c1-c1cc(CC(C)C)c([Si](C)(C)C)cn1.[Ir]. The van der Waals surface area contributed by atoms with E-state index >= 15 is 0 Å². The Morgan fingerprint density at radius 2 is 1.37 bits per heavy atom. The number of hydrogen-bond donors (Lipinski definition) is 0. The molecule has 5 nitrogen and oxygen atoms in total. The molecule has 0 N–H and O–H groups in total. The van der Waals surface area contributed by atoms with Gasteiger partial charge in [0.25, 0.3) is 0 Å². The Morgan fingerprint density at radius 1 is 0.718 bits per heavy atom. The molecule has 0 saturated heterocycles. The number of hydrogen-bond acceptors (Lipinski definition) is 4. The zero-order valence-electron chi connectivity index (χ0n) is 45.0. The molecule has 0 fully saturated rings. The van der Waals surface area contributed by atoms with Crippen LogP contribution in [-0.4, -0.2) is 27.6 Å². The van der Waals surface area contributed by atoms with E-state index in [-0.39, 0.29) is 31.1 Å². The fourth-order valence-corrected chi connectivity index (χ4v) is 11.8. The van der Waals surface area contributed by atoms with Crippen molar-refractivity contribution >= 4 is 67.9 Å². The van der Waals surface area contributed by atoms with Gasteiger partial charge in [-0.1, -0.05) is 181 Å². The second-order valence-corrected chi connectivity index (χ2v) is 25.7. The number of benzene rings is 7. The first-order valence-corrected chi connectivity index (χ1v) is 27.6. The predicted octanol–water partition coefficient (Wildman–Crippen LogP) is 16.1. The van der Waals surface area contributed by atoms with E-state index in [1.54, 1.807) is 0 Å². The van der Waals surface area contributed by atoms with Gasteiger partial charge in [0, 0.05) is 63.5 Å². The molecule has 0 aliphatic rings. The maximum absolute atomic E-state index is 13.6. The number of furan rings is 1. The van der Waals surface area contributed by atoms with Gasteiger partial charge in [-0.15, -0.1) is 47.0 Å². The minimum Gasteiger partial charge on any atom is -0.486 e. The standard InChI is InChI=1S/C44H34N3O.C19H25FNSi.Ir/c1-26-22-23-35(41-37(26)34-24-25-36(45-43(34)48-41)44(4,5)29-16-7-6-8-17-29)42-46-38-32-20-11-9-18-30(32)31-19-10-12-21-33(31)40(38)47(42)39-27(2)14-13-15-28(39)3;1-13(2)9-15-11-18(21-12-19(15)22(4,5)6)17-8-7-16(20)10-14(17)3;/h6-22,24-25H,1-5H3;7,10-13H,9H2,1-6H3;/q2*-1;/i;3D3;. The van der Waals surface area contributed by atoms with E-state index in [0.717, 1.165) is 79.0 Å². The van der Waals surface area contributed by atoms with E-state index in [0.29, 0.717) is 22.9 Å². The largest absolute Gasteiger partial charge is 0.486 e. The number of nitrogens with zero attached hydrogens (tertiary/aromatic N) is 4. The Kier molecular flexibility index (Phi) is 12.3. The van der Waals surface area contributed by atoms with Crippen molar-refractivity contribution in [3.63, 3.8) is 0 Å². The normalized spacial score (nSPS) is 12.8. The predicted molar refractivity (Wildman–Crippen MR) is 293 cm³/mol. The monoisotopic (exact) mass is 1130 g/mol. The number of imidazole rings is 1. The van der Waals surface area contributed by atoms with Crippen molar-refractivity contribution in [2.75, 3.05) is 0 Å². The van der Waals surface area contributed by atoms with E-state index in [1.807, 2.05) is 18.3 Å². The summed E-state index contributed by atoms with van der Waals surface area (Å²) in [6.45, 7) is 19.6. The minimum atomic E-state index is -2.41. The number of pyridine rings is 2. The van der Waals surface area contributed by atoms with Crippen LogP contribution in [0.15, 0.2) is 144 Å². The van der Waals surface area contributed by atoms with Crippen LogP contribution in [0.4, 0.5) is 4.39 Å². The Hall–Kier alpha value is -6.57. The first-order chi connectivity index (χ1) is 34.7. The smallest absolute Gasteiger partial charge is 0.216 e. The summed E-state index contributed by atoms with van der Waals surface area (Å²) in [6, 6.07) is 51.3. The fourth-order valence-electron chi connectivity index (χ4n) is 10.2. The van der Waals surface area contributed by atoms with Crippen LogP contribution in [0.5, 0.6) is 0 Å². The molecule has 1 radical (unpaired) electrons. The van der Waals surface area contributed by atoms with Crippen LogP contribution in [0.3, 0.4) is 0 Å². The van der Waals surface area contributed by atoms with E-state index in [9.17, 15) is 4.39 Å². The molecule has 11 aromatic rings. The molecule has 11 rings (SSSR count). The van der Waals surface area contributed by atoms with Crippen LogP contribution < -0.4 is 5.19 Å². The van der Waals surface area contributed by atoms with Gasteiger partial charge in [-0.2, -0.15) is 0 Å². The van der Waals surface area contributed by atoms with Gasteiger partial charge in [0.2, 0.25) is 5.71 Å². The molecule has 0 atom stereocenters. The van der Waals surface area contributed by atoms with Crippen LogP contribution >= 0.6 is 0 Å². The molecule has 71 heavy (non-hydrogen) atoms. The Morgan fingerprint density at radius 3 is 2.04 bits per heavy atom. The van der Waals surface area contributed by atoms with Crippen molar-refractivity contribution in [2.24, 2.45) is 5.92 Å². The molecule has 0 saturated carbocycles. The fraction of sp³-hybridized carbons (Fsp3) is 0.222. The third kappa shape index (κ3) is 8.96. The molecular weight excluding hydrogens is 1070 g/mol. The average molecular weight is 1130 g/mol. The summed E-state index contributed by atoms with van der Waals surface area (Å²) < 4.78 is 45.8. The Labute approximate surface area is 435 Å². The third-order valence-electron chi connectivity index (χ3n) is 13.8. The third-order valence-corrected chi connectivity index (χ3v) is 15.8. The van der Waals surface area contributed by atoms with Crippen LogP contribution in [0.25, 0.3) is 83.0 Å². The molecule has 359 valence electrons. The number of halogens is 1. The molecule has 4 aromatic heterocycles. The quantitative estimate of drug-likeness (QED) is 0.0864. The van der Waals surface area contributed by atoms with Crippen LogP contribution in [0.1, 0.15) is 70.9 Å². The van der Waals surface area contributed by atoms with Crippen LogP contribution in [-0.2, 0) is 31.9 Å². The van der Waals surface area contributed by atoms with Gasteiger partial charge in [0.15, 0.2) is 0 Å². The molecule has 4 heterocycles.